The Kier molecular flexibility index (Phi) is 4.46. The highest BCUT2D eigenvalue weighted by Crippen LogP contribution is 2.36. The summed E-state index contributed by atoms with van der Waals surface area (Å²) in [4.78, 5) is 26.5. The lowest BCUT2D eigenvalue weighted by Crippen LogP contribution is -2.15. The molecule has 7 heteroatoms. The molecule has 1 aromatic heterocycles. The second-order valence-electron chi connectivity index (χ2n) is 5.13. The molecule has 0 aliphatic heterocycles. The lowest BCUT2D eigenvalue weighted by molar-refractivity contribution is 0.0692. The largest absolute Gasteiger partial charge is 0.477 e. The molecule has 5 nitrogen and oxygen atoms in total. The number of aromatic amines is 1. The van der Waals surface area contributed by atoms with E-state index in [1.54, 1.807) is 30.3 Å². The van der Waals surface area contributed by atoms with Crippen LogP contribution in [0.15, 0.2) is 42.5 Å². The Balaban J connectivity index is 1.97. The number of aromatic nitrogens is 1. The number of ketones is 1. The molecule has 3 N–H and O–H groups in total. The summed E-state index contributed by atoms with van der Waals surface area (Å²) in [6.45, 7) is -0.0593. The molecule has 0 fully saturated rings. The molecule has 2 aromatic carbocycles. The molecule has 0 aliphatic carbocycles. The van der Waals surface area contributed by atoms with Crippen LogP contribution in [0, 0.1) is 0 Å². The third-order valence-corrected chi connectivity index (χ3v) is 4.07. The average molecular weight is 363 g/mol. The number of carbonyl (C=O) groups excluding carboxylic acids is 1. The topological polar surface area (TPSA) is 82.2 Å². The molecule has 3 rings (SSSR count). The summed E-state index contributed by atoms with van der Waals surface area (Å²) in [5.74, 6) is -1.32. The van der Waals surface area contributed by atoms with Crippen LogP contribution in [0.3, 0.4) is 0 Å². The van der Waals surface area contributed by atoms with Gasteiger partial charge < -0.3 is 15.4 Å². The minimum Gasteiger partial charge on any atom is -0.477 e. The Labute approximate surface area is 147 Å². The van der Waals surface area contributed by atoms with E-state index in [1.807, 2.05) is 6.07 Å². The number of Topliss-reactive ketones (excluding diaryl/α,β-unsaturated/α-hetero) is 1. The maximum absolute atomic E-state index is 12.2. The first-order valence-electron chi connectivity index (χ1n) is 7.03. The van der Waals surface area contributed by atoms with Crippen molar-refractivity contribution in [2.75, 3.05) is 11.9 Å². The van der Waals surface area contributed by atoms with Gasteiger partial charge in [-0.15, -0.1) is 0 Å². The van der Waals surface area contributed by atoms with Crippen LogP contribution in [0.2, 0.25) is 10.0 Å². The van der Waals surface area contributed by atoms with Gasteiger partial charge in [-0.2, -0.15) is 0 Å². The fourth-order valence-electron chi connectivity index (χ4n) is 2.48. The second-order valence-corrected chi connectivity index (χ2v) is 5.98. The van der Waals surface area contributed by atoms with Gasteiger partial charge in [-0.25, -0.2) is 4.79 Å². The Hall–Kier alpha value is -2.50. The van der Waals surface area contributed by atoms with Crippen LogP contribution < -0.4 is 5.32 Å². The molecular formula is C17H12Cl2N2O3. The van der Waals surface area contributed by atoms with Gasteiger partial charge >= 0.3 is 5.97 Å². The molecule has 24 heavy (non-hydrogen) atoms. The minimum atomic E-state index is -1.16. The van der Waals surface area contributed by atoms with E-state index in [4.69, 9.17) is 23.2 Å². The predicted molar refractivity (Wildman–Crippen MR) is 94.5 cm³/mol. The van der Waals surface area contributed by atoms with Crippen molar-refractivity contribution in [2.24, 2.45) is 0 Å². The molecule has 122 valence electrons. The van der Waals surface area contributed by atoms with Crippen molar-refractivity contribution in [3.05, 3.63) is 63.8 Å². The Bertz CT molecular complexity index is 936. The SMILES string of the molecule is O=C(CNc1c(C(=O)O)[nH]c2cc(Cl)cc(Cl)c12)c1ccccc1. The van der Waals surface area contributed by atoms with E-state index < -0.39 is 5.97 Å². The van der Waals surface area contributed by atoms with Crippen molar-refractivity contribution in [3.63, 3.8) is 0 Å². The summed E-state index contributed by atoms with van der Waals surface area (Å²) in [6, 6.07) is 11.8. The fourth-order valence-corrected chi connectivity index (χ4v) is 3.07. The van der Waals surface area contributed by atoms with Crippen molar-refractivity contribution < 1.29 is 14.7 Å². The number of rotatable bonds is 5. The number of hydrogen-bond acceptors (Lipinski definition) is 3. The van der Waals surface area contributed by atoms with Crippen LogP contribution in [0.25, 0.3) is 10.9 Å². The third-order valence-electron chi connectivity index (χ3n) is 3.55. The maximum Gasteiger partial charge on any atom is 0.354 e. The summed E-state index contributed by atoms with van der Waals surface area (Å²) in [5.41, 5.74) is 1.22. The number of carboxylic acids is 1. The molecule has 0 bridgehead atoms. The molecule has 0 spiro atoms. The Morgan fingerprint density at radius 1 is 1.12 bits per heavy atom. The summed E-state index contributed by atoms with van der Waals surface area (Å²) >= 11 is 12.1. The highest BCUT2D eigenvalue weighted by molar-refractivity contribution is 6.40. The van der Waals surface area contributed by atoms with Crippen LogP contribution in [-0.4, -0.2) is 28.4 Å². The number of anilines is 1. The zero-order chi connectivity index (χ0) is 17.3. The van der Waals surface area contributed by atoms with Crippen LogP contribution in [0.4, 0.5) is 5.69 Å². The van der Waals surface area contributed by atoms with Gasteiger partial charge in [0.1, 0.15) is 5.69 Å². The van der Waals surface area contributed by atoms with E-state index in [0.29, 0.717) is 26.5 Å². The van der Waals surface area contributed by atoms with Gasteiger partial charge in [-0.1, -0.05) is 53.5 Å². The number of halogens is 2. The summed E-state index contributed by atoms with van der Waals surface area (Å²) < 4.78 is 0. The number of aromatic carboxylic acids is 1. The summed E-state index contributed by atoms with van der Waals surface area (Å²) in [5, 5.41) is 13.4. The van der Waals surface area contributed by atoms with Crippen molar-refractivity contribution in [2.45, 2.75) is 0 Å². The van der Waals surface area contributed by atoms with E-state index in [9.17, 15) is 14.7 Å². The van der Waals surface area contributed by atoms with Crippen LogP contribution in [0.5, 0.6) is 0 Å². The van der Waals surface area contributed by atoms with Crippen LogP contribution >= 0.6 is 23.2 Å². The Morgan fingerprint density at radius 2 is 1.83 bits per heavy atom. The monoisotopic (exact) mass is 362 g/mol. The third kappa shape index (κ3) is 3.09. The van der Waals surface area contributed by atoms with Gasteiger partial charge in [0.15, 0.2) is 5.78 Å². The molecule has 0 radical (unpaired) electrons. The molecule has 1 heterocycles. The zero-order valence-electron chi connectivity index (χ0n) is 12.3. The normalized spacial score (nSPS) is 10.8. The van der Waals surface area contributed by atoms with Crippen molar-refractivity contribution in [1.82, 2.24) is 4.98 Å². The molecule has 0 saturated carbocycles. The average Bonchev–Trinajstić information content (AvgIpc) is 2.92. The van der Waals surface area contributed by atoms with Gasteiger partial charge in [-0.05, 0) is 12.1 Å². The number of benzene rings is 2. The minimum absolute atomic E-state index is 0.0593. The van der Waals surface area contributed by atoms with Gasteiger partial charge in [0, 0.05) is 16.0 Å². The molecule has 0 saturated heterocycles. The maximum atomic E-state index is 12.2. The van der Waals surface area contributed by atoms with E-state index in [0.717, 1.165) is 0 Å². The van der Waals surface area contributed by atoms with Crippen LogP contribution in [-0.2, 0) is 0 Å². The number of fused-ring (bicyclic) bond motifs is 1. The van der Waals surface area contributed by atoms with Crippen molar-refractivity contribution >= 4 is 51.5 Å². The predicted octanol–water partition coefficient (Wildman–Crippen LogP) is 4.47. The van der Waals surface area contributed by atoms with Crippen molar-refractivity contribution in [1.29, 1.82) is 0 Å². The van der Waals surface area contributed by atoms with Gasteiger partial charge in [0.2, 0.25) is 0 Å². The quantitative estimate of drug-likeness (QED) is 0.584. The molecular weight excluding hydrogens is 351 g/mol. The smallest absolute Gasteiger partial charge is 0.354 e. The van der Waals surface area contributed by atoms with E-state index in [2.05, 4.69) is 10.3 Å². The van der Waals surface area contributed by atoms with E-state index in [1.165, 1.54) is 6.07 Å². The highest BCUT2D eigenvalue weighted by atomic mass is 35.5. The van der Waals surface area contributed by atoms with Gasteiger partial charge in [-0.3, -0.25) is 4.79 Å². The highest BCUT2D eigenvalue weighted by Gasteiger charge is 2.20. The lowest BCUT2D eigenvalue weighted by atomic mass is 10.1. The fraction of sp³-hybridized carbons (Fsp3) is 0.0588. The first-order chi connectivity index (χ1) is 11.5. The molecule has 0 aliphatic rings. The molecule has 3 aromatic rings. The van der Waals surface area contributed by atoms with Gasteiger partial charge in [0.05, 0.1) is 22.8 Å². The summed E-state index contributed by atoms with van der Waals surface area (Å²) in [7, 11) is 0. The van der Waals surface area contributed by atoms with Crippen molar-refractivity contribution in [3.8, 4) is 0 Å². The molecule has 0 unspecified atom stereocenters. The number of carboxylic acid groups (broad SMARTS) is 1. The zero-order valence-corrected chi connectivity index (χ0v) is 13.8. The first kappa shape index (κ1) is 16.4. The number of hydrogen-bond donors (Lipinski definition) is 3. The number of nitrogens with one attached hydrogen (secondary N) is 2. The first-order valence-corrected chi connectivity index (χ1v) is 7.79. The standard InChI is InChI=1S/C17H12Cl2N2O3/c18-10-6-11(19)14-12(7-10)21-16(17(23)24)15(14)20-8-13(22)9-4-2-1-3-5-9/h1-7,20-21H,8H2,(H,23,24). The Morgan fingerprint density at radius 3 is 2.50 bits per heavy atom. The molecule has 0 amide bonds. The lowest BCUT2D eigenvalue weighted by Gasteiger charge is -2.07. The van der Waals surface area contributed by atoms with Crippen LogP contribution in [0.1, 0.15) is 20.8 Å². The van der Waals surface area contributed by atoms with E-state index in [-0.39, 0.29) is 23.7 Å². The second kappa shape index (κ2) is 6.55. The van der Waals surface area contributed by atoms with E-state index >= 15 is 0 Å². The number of H-pyrrole nitrogens is 1. The molecule has 0 atom stereocenters. The number of carbonyl (C=O) groups is 2. The summed E-state index contributed by atoms with van der Waals surface area (Å²) in [6.07, 6.45) is 0. The van der Waals surface area contributed by atoms with Gasteiger partial charge in [0.25, 0.3) is 0 Å².